The first-order valence-corrected chi connectivity index (χ1v) is 9.93. The van der Waals surface area contributed by atoms with Gasteiger partial charge in [-0.3, -0.25) is 4.79 Å². The monoisotopic (exact) mass is 412 g/mol. The van der Waals surface area contributed by atoms with Crippen LogP contribution in [0.25, 0.3) is 22.2 Å². The fraction of sp³-hybridized carbons (Fsp3) is 0.125. The molecule has 0 fully saturated rings. The Morgan fingerprint density at radius 1 is 1.10 bits per heavy atom. The molecule has 2 aromatic carbocycles. The number of benzene rings is 2. The minimum atomic E-state index is -0.533. The van der Waals surface area contributed by atoms with E-state index in [4.69, 9.17) is 4.74 Å². The van der Waals surface area contributed by atoms with Crippen molar-refractivity contribution in [1.29, 1.82) is 0 Å². The number of ether oxygens (including phenoxy) is 1. The highest BCUT2D eigenvalue weighted by Crippen LogP contribution is 2.33. The van der Waals surface area contributed by atoms with Gasteiger partial charge in [0.1, 0.15) is 11.3 Å². The van der Waals surface area contributed by atoms with E-state index in [-0.39, 0.29) is 17.0 Å². The minimum Gasteiger partial charge on any atom is -0.465 e. The number of nitrogens with one attached hydrogen (secondary N) is 2. The number of para-hydroxylation sites is 1. The zero-order valence-corrected chi connectivity index (χ0v) is 16.8. The van der Waals surface area contributed by atoms with E-state index in [1.807, 2.05) is 47.2 Å². The van der Waals surface area contributed by atoms with E-state index in [0.29, 0.717) is 17.8 Å². The number of fused-ring (bicyclic) bond motifs is 2. The Morgan fingerprint density at radius 2 is 1.87 bits per heavy atom. The molecule has 154 valence electrons. The molecule has 1 unspecified atom stereocenters. The number of hydrogen-bond donors (Lipinski definition) is 2. The lowest BCUT2D eigenvalue weighted by Gasteiger charge is -2.20. The summed E-state index contributed by atoms with van der Waals surface area (Å²) in [7, 11) is 1.31. The van der Waals surface area contributed by atoms with Crippen LogP contribution in [0.4, 0.5) is 0 Å². The lowest BCUT2D eigenvalue weighted by atomic mass is 9.90. The molecule has 3 aromatic rings. The number of H-pyrrole nitrogens is 2. The highest BCUT2D eigenvalue weighted by molar-refractivity contribution is 5.96. The van der Waals surface area contributed by atoms with Gasteiger partial charge in [0.15, 0.2) is 0 Å². The van der Waals surface area contributed by atoms with Crippen LogP contribution >= 0.6 is 0 Å². The van der Waals surface area contributed by atoms with Crippen molar-refractivity contribution in [3.63, 3.8) is 0 Å². The third-order valence-corrected chi connectivity index (χ3v) is 5.61. The maximum absolute atomic E-state index is 12.4. The summed E-state index contributed by atoms with van der Waals surface area (Å²) in [6.45, 7) is 0.524. The molecule has 2 aliphatic heterocycles. The highest BCUT2D eigenvalue weighted by Gasteiger charge is 2.24. The Labute approximate surface area is 177 Å². The van der Waals surface area contributed by atoms with Crippen molar-refractivity contribution in [3.05, 3.63) is 100 Å². The van der Waals surface area contributed by atoms with E-state index in [0.717, 1.165) is 22.0 Å². The highest BCUT2D eigenvalue weighted by atomic mass is 16.5. The van der Waals surface area contributed by atoms with Gasteiger partial charge in [0.25, 0.3) is 5.56 Å². The number of aromatic nitrogens is 4. The Kier molecular flexibility index (Phi) is 4.63. The van der Waals surface area contributed by atoms with Gasteiger partial charge >= 0.3 is 5.97 Å². The van der Waals surface area contributed by atoms with Gasteiger partial charge in [-0.25, -0.2) is 9.89 Å². The molecule has 0 aliphatic carbocycles. The summed E-state index contributed by atoms with van der Waals surface area (Å²) in [5, 5.41) is 7.57. The number of methoxy groups -OCH3 is 1. The quantitative estimate of drug-likeness (QED) is 0.430. The molecular formula is C24H20N4O3. The number of rotatable bonds is 5. The van der Waals surface area contributed by atoms with Gasteiger partial charge in [0, 0.05) is 42.0 Å². The summed E-state index contributed by atoms with van der Waals surface area (Å²) < 4.78 is 6.78. The van der Waals surface area contributed by atoms with Crippen LogP contribution in [0.1, 0.15) is 27.4 Å². The van der Waals surface area contributed by atoms with Crippen molar-refractivity contribution < 1.29 is 9.53 Å². The number of hydrogen-bond acceptors (Lipinski definition) is 4. The standard InChI is InChI=1S/C24H20N4O3/c1-31-24(30)20-14-28(13-19-22(20)26-27-23(19)29)12-18(15-7-3-2-4-8-15)17-11-25-21-10-6-5-9-16(17)21/h2-11,13-14,18,25H,12H2,1H3,(H,27,29). The fourth-order valence-electron chi connectivity index (χ4n) is 4.12. The third kappa shape index (κ3) is 3.30. The van der Waals surface area contributed by atoms with E-state index >= 15 is 0 Å². The molecule has 31 heavy (non-hydrogen) atoms. The number of pyridine rings is 1. The molecule has 7 heteroatoms. The van der Waals surface area contributed by atoms with E-state index in [2.05, 4.69) is 33.4 Å². The first kappa shape index (κ1) is 18.9. The predicted octanol–water partition coefficient (Wildman–Crippen LogP) is 3.78. The van der Waals surface area contributed by atoms with Crippen LogP contribution < -0.4 is 5.56 Å². The second kappa shape index (κ2) is 7.60. The van der Waals surface area contributed by atoms with Crippen LogP contribution in [0, 0.1) is 0 Å². The minimum absolute atomic E-state index is 0.00713. The Morgan fingerprint density at radius 3 is 2.68 bits per heavy atom. The average molecular weight is 412 g/mol. The smallest absolute Gasteiger partial charge is 0.341 e. The average Bonchev–Trinajstić information content (AvgIpc) is 3.41. The van der Waals surface area contributed by atoms with Crippen LogP contribution in [0.5, 0.6) is 0 Å². The largest absolute Gasteiger partial charge is 0.465 e. The van der Waals surface area contributed by atoms with Gasteiger partial charge in [-0.15, -0.1) is 0 Å². The molecule has 0 amide bonds. The van der Waals surface area contributed by atoms with Gasteiger partial charge < -0.3 is 14.3 Å². The first-order valence-electron chi connectivity index (χ1n) is 9.93. The third-order valence-electron chi connectivity index (χ3n) is 5.61. The van der Waals surface area contributed by atoms with Crippen LogP contribution in [-0.4, -0.2) is 32.8 Å². The van der Waals surface area contributed by atoms with Gasteiger partial charge in [-0.1, -0.05) is 48.5 Å². The summed E-state index contributed by atoms with van der Waals surface area (Å²) in [5.41, 5.74) is 3.93. The zero-order chi connectivity index (χ0) is 21.4. The SMILES string of the molecule is COC(=O)c1cn(CC(c2ccccc2)c2c[nH]c3ccccc23)cc2c(=O)[nH]nc1-2. The number of aromatic amines is 2. The summed E-state index contributed by atoms with van der Waals surface area (Å²) in [4.78, 5) is 28.0. The predicted molar refractivity (Wildman–Crippen MR) is 117 cm³/mol. The van der Waals surface area contributed by atoms with E-state index in [1.54, 1.807) is 12.4 Å². The van der Waals surface area contributed by atoms with Gasteiger partial charge in [-0.2, -0.15) is 5.10 Å². The van der Waals surface area contributed by atoms with Crippen LogP contribution in [0.15, 0.2) is 78.0 Å². The van der Waals surface area contributed by atoms with E-state index in [1.165, 1.54) is 7.11 Å². The maximum Gasteiger partial charge on any atom is 0.341 e. The number of carbonyl (C=O) groups is 1. The second-order valence-electron chi connectivity index (χ2n) is 7.43. The van der Waals surface area contributed by atoms with E-state index < -0.39 is 5.97 Å². The number of esters is 1. The number of carbonyl (C=O) groups excluding carboxylic acids is 1. The van der Waals surface area contributed by atoms with E-state index in [9.17, 15) is 9.59 Å². The second-order valence-corrected chi connectivity index (χ2v) is 7.43. The maximum atomic E-state index is 12.4. The molecule has 3 heterocycles. The van der Waals surface area contributed by atoms with Crippen molar-refractivity contribution in [1.82, 2.24) is 19.7 Å². The molecule has 1 atom stereocenters. The van der Waals surface area contributed by atoms with Crippen LogP contribution in [0.2, 0.25) is 0 Å². The molecule has 1 aromatic heterocycles. The molecule has 0 saturated carbocycles. The molecular weight excluding hydrogens is 392 g/mol. The van der Waals surface area contributed by atoms with Crippen molar-refractivity contribution in [3.8, 4) is 11.3 Å². The molecule has 5 rings (SSSR count). The lowest BCUT2D eigenvalue weighted by Crippen LogP contribution is -2.16. The van der Waals surface area contributed by atoms with Gasteiger partial charge in [0.2, 0.25) is 0 Å². The summed E-state index contributed by atoms with van der Waals surface area (Å²) >= 11 is 0. The fourth-order valence-corrected chi connectivity index (χ4v) is 4.12. The molecule has 2 aliphatic rings. The summed E-state index contributed by atoms with van der Waals surface area (Å²) in [6.07, 6.45) is 5.46. The van der Waals surface area contributed by atoms with Gasteiger partial charge in [-0.05, 0) is 17.2 Å². The first-order chi connectivity index (χ1) is 15.2. The Balaban J connectivity index is 1.66. The molecule has 7 nitrogen and oxygen atoms in total. The van der Waals surface area contributed by atoms with Crippen LogP contribution in [0.3, 0.4) is 0 Å². The van der Waals surface area contributed by atoms with Crippen molar-refractivity contribution in [2.24, 2.45) is 0 Å². The van der Waals surface area contributed by atoms with Crippen molar-refractivity contribution in [2.75, 3.05) is 7.11 Å². The normalized spacial score (nSPS) is 12.3. The summed E-state index contributed by atoms with van der Waals surface area (Å²) in [6, 6.07) is 18.3. The lowest BCUT2D eigenvalue weighted by molar-refractivity contribution is 0.0600. The molecule has 0 saturated heterocycles. The Hall–Kier alpha value is -4.13. The Bertz CT molecular complexity index is 1400. The van der Waals surface area contributed by atoms with Crippen molar-refractivity contribution in [2.45, 2.75) is 12.5 Å². The summed E-state index contributed by atoms with van der Waals surface area (Å²) in [5.74, 6) is -0.540. The van der Waals surface area contributed by atoms with Gasteiger partial charge in [0.05, 0.1) is 12.7 Å². The molecule has 2 N–H and O–H groups in total. The molecule has 0 bridgehead atoms. The topological polar surface area (TPSA) is 92.8 Å². The zero-order valence-electron chi connectivity index (χ0n) is 16.8. The molecule has 0 spiro atoms. The van der Waals surface area contributed by atoms with Crippen LogP contribution in [-0.2, 0) is 11.3 Å². The van der Waals surface area contributed by atoms with Crippen molar-refractivity contribution >= 4 is 16.9 Å². The number of nitrogens with zero attached hydrogens (tertiary/aromatic N) is 2. The molecule has 0 radical (unpaired) electrons.